The molecule has 0 spiro atoms. The molecule has 1 aromatic carbocycles. The van der Waals surface area contributed by atoms with Crippen molar-refractivity contribution in [1.29, 1.82) is 0 Å². The summed E-state index contributed by atoms with van der Waals surface area (Å²) in [6.45, 7) is 0. The highest BCUT2D eigenvalue weighted by atomic mass is 35.5. The molecule has 0 aliphatic heterocycles. The lowest BCUT2D eigenvalue weighted by Crippen LogP contribution is -2.31. The fraction of sp³-hybridized carbons (Fsp3) is 0.353. The maximum atomic E-state index is 10.8. The molecule has 0 radical (unpaired) electrons. The first-order chi connectivity index (χ1) is 13.4. The van der Waals surface area contributed by atoms with Gasteiger partial charge in [0.1, 0.15) is 12.4 Å². The second-order valence-electron chi connectivity index (χ2n) is 6.76. The van der Waals surface area contributed by atoms with Crippen molar-refractivity contribution in [3.63, 3.8) is 0 Å². The van der Waals surface area contributed by atoms with Crippen LogP contribution in [0.5, 0.6) is 0 Å². The fourth-order valence-corrected chi connectivity index (χ4v) is 4.07. The van der Waals surface area contributed by atoms with Gasteiger partial charge in [0, 0.05) is 5.92 Å². The Labute approximate surface area is 169 Å². The molecule has 2 heterocycles. The number of aliphatic hydroxyl groups excluding tert-OH is 3. The highest BCUT2D eigenvalue weighted by Gasteiger charge is 2.46. The molecule has 5 atom stereocenters. The van der Waals surface area contributed by atoms with Crippen molar-refractivity contribution in [2.75, 3.05) is 5.43 Å². The van der Waals surface area contributed by atoms with E-state index in [9.17, 15) is 15.3 Å². The van der Waals surface area contributed by atoms with Crippen LogP contribution in [0.25, 0.3) is 11.0 Å². The van der Waals surface area contributed by atoms with Crippen LogP contribution in [0, 0.1) is 5.92 Å². The zero-order chi connectivity index (χ0) is 20.0. The minimum Gasteiger partial charge on any atom is -0.390 e. The van der Waals surface area contributed by atoms with Gasteiger partial charge in [-0.3, -0.25) is 0 Å². The lowest BCUT2D eigenvalue weighted by atomic mass is 9.92. The second kappa shape index (κ2) is 7.43. The van der Waals surface area contributed by atoms with Crippen molar-refractivity contribution in [2.45, 2.75) is 30.8 Å². The number of aromatic nitrogens is 4. The molecule has 11 heteroatoms. The first-order valence-corrected chi connectivity index (χ1v) is 9.32. The minimum absolute atomic E-state index is 0.274. The normalized spacial score (nSPS) is 25.9. The molecule has 1 aliphatic carbocycles. The van der Waals surface area contributed by atoms with Gasteiger partial charge in [0.05, 0.1) is 39.9 Å². The van der Waals surface area contributed by atoms with Crippen LogP contribution in [0.4, 0.5) is 5.82 Å². The number of nitrogens with two attached hydrogens (primary N) is 1. The van der Waals surface area contributed by atoms with Crippen molar-refractivity contribution >= 4 is 40.1 Å². The predicted molar refractivity (Wildman–Crippen MR) is 104 cm³/mol. The zero-order valence-electron chi connectivity index (χ0n) is 14.4. The number of hydrazine groups is 1. The van der Waals surface area contributed by atoms with E-state index in [1.54, 1.807) is 18.2 Å². The Bertz CT molecular complexity index is 1020. The van der Waals surface area contributed by atoms with Gasteiger partial charge >= 0.3 is 0 Å². The Morgan fingerprint density at radius 1 is 1.18 bits per heavy atom. The summed E-state index contributed by atoms with van der Waals surface area (Å²) in [7, 11) is 0. The summed E-state index contributed by atoms with van der Waals surface area (Å²) in [5.74, 6) is 5.22. The van der Waals surface area contributed by atoms with E-state index in [-0.39, 0.29) is 6.42 Å². The highest BCUT2D eigenvalue weighted by Crippen LogP contribution is 2.43. The van der Waals surface area contributed by atoms with E-state index in [4.69, 9.17) is 29.0 Å². The summed E-state index contributed by atoms with van der Waals surface area (Å²) in [6.07, 6.45) is -0.211. The van der Waals surface area contributed by atoms with Crippen LogP contribution < -0.4 is 11.3 Å². The lowest BCUT2D eigenvalue weighted by Gasteiger charge is -2.22. The molecule has 9 nitrogen and oxygen atoms in total. The number of nitrogens with zero attached hydrogens (tertiary/aromatic N) is 4. The van der Waals surface area contributed by atoms with Crippen LogP contribution in [0.3, 0.4) is 0 Å². The van der Waals surface area contributed by atoms with Gasteiger partial charge in [0.2, 0.25) is 0 Å². The van der Waals surface area contributed by atoms with E-state index in [1.165, 1.54) is 17.2 Å². The summed E-state index contributed by atoms with van der Waals surface area (Å²) in [4.78, 5) is 8.23. The predicted octanol–water partition coefficient (Wildman–Crippen LogP) is 1.44. The third-order valence-corrected chi connectivity index (χ3v) is 5.97. The molecular formula is C17H18Cl2N6O3. The molecule has 1 saturated carbocycles. The molecule has 0 unspecified atom stereocenters. The van der Waals surface area contributed by atoms with Gasteiger partial charge in [-0.25, -0.2) is 20.5 Å². The number of benzene rings is 1. The molecule has 2 aromatic heterocycles. The quantitative estimate of drug-likeness (QED) is 0.312. The van der Waals surface area contributed by atoms with Crippen molar-refractivity contribution in [1.82, 2.24) is 19.7 Å². The van der Waals surface area contributed by atoms with Crippen LogP contribution in [0.1, 0.15) is 24.1 Å². The van der Waals surface area contributed by atoms with Gasteiger partial charge in [-0.15, -0.1) is 0 Å². The molecule has 3 aromatic rings. The molecule has 1 fully saturated rings. The number of nitrogen functional groups attached to an aromatic ring is 1. The van der Waals surface area contributed by atoms with Gasteiger partial charge in [0.25, 0.3) is 0 Å². The van der Waals surface area contributed by atoms with E-state index in [2.05, 4.69) is 20.5 Å². The third kappa shape index (κ3) is 3.10. The maximum absolute atomic E-state index is 10.8. The SMILES string of the molecule is NNc1ncnc2c1cnn2[C@@H]1C[C@H]([C@H](O)c2ccc(Cl)c(Cl)c2)[C@@H](O)[C@H]1O. The van der Waals surface area contributed by atoms with Crippen LogP contribution in [0.2, 0.25) is 10.0 Å². The molecular weight excluding hydrogens is 407 g/mol. The summed E-state index contributed by atoms with van der Waals surface area (Å²) in [6, 6.07) is 4.18. The maximum Gasteiger partial charge on any atom is 0.163 e. The zero-order valence-corrected chi connectivity index (χ0v) is 16.0. The van der Waals surface area contributed by atoms with Crippen LogP contribution in [0.15, 0.2) is 30.7 Å². The fourth-order valence-electron chi connectivity index (χ4n) is 3.76. The van der Waals surface area contributed by atoms with Gasteiger partial charge < -0.3 is 20.7 Å². The van der Waals surface area contributed by atoms with Crippen molar-refractivity contribution in [2.24, 2.45) is 11.8 Å². The van der Waals surface area contributed by atoms with Gasteiger partial charge in [-0.1, -0.05) is 29.3 Å². The van der Waals surface area contributed by atoms with E-state index in [0.717, 1.165) is 0 Å². The minimum atomic E-state index is -1.16. The van der Waals surface area contributed by atoms with E-state index in [0.29, 0.717) is 32.5 Å². The summed E-state index contributed by atoms with van der Waals surface area (Å²) in [5.41, 5.74) is 3.44. The second-order valence-corrected chi connectivity index (χ2v) is 7.57. The molecule has 1 aliphatic rings. The van der Waals surface area contributed by atoms with Crippen LogP contribution in [-0.2, 0) is 0 Å². The van der Waals surface area contributed by atoms with Gasteiger partial charge in [-0.05, 0) is 24.1 Å². The van der Waals surface area contributed by atoms with Gasteiger partial charge in [-0.2, -0.15) is 5.10 Å². The third-order valence-electron chi connectivity index (χ3n) is 5.23. The van der Waals surface area contributed by atoms with Crippen molar-refractivity contribution in [3.8, 4) is 0 Å². The molecule has 0 bridgehead atoms. The molecule has 0 saturated heterocycles. The number of anilines is 1. The molecule has 28 heavy (non-hydrogen) atoms. The Hall–Kier alpha value is -2.01. The number of fused-ring (bicyclic) bond motifs is 1. The number of halogens is 2. The Morgan fingerprint density at radius 3 is 2.68 bits per heavy atom. The van der Waals surface area contributed by atoms with E-state index in [1.807, 2.05) is 0 Å². The molecule has 6 N–H and O–H groups in total. The lowest BCUT2D eigenvalue weighted by molar-refractivity contribution is -0.0271. The Morgan fingerprint density at radius 2 is 1.96 bits per heavy atom. The van der Waals surface area contributed by atoms with Crippen LogP contribution in [-0.4, -0.2) is 47.3 Å². The number of aliphatic hydroxyl groups is 3. The average molecular weight is 425 g/mol. The van der Waals surface area contributed by atoms with Crippen LogP contribution >= 0.6 is 23.2 Å². The summed E-state index contributed by atoms with van der Waals surface area (Å²) in [5, 5.41) is 37.5. The smallest absolute Gasteiger partial charge is 0.163 e. The standard InChI is InChI=1S/C17H18Cl2N6O3/c18-10-2-1-7(3-11(10)19)13(26)8-4-12(15(28)14(8)27)25-17-9(5-23-25)16(24-20)21-6-22-17/h1-3,5-6,8,12-15,26-28H,4,20H2,(H,21,22,24)/t8-,12-,13-,14-,15+/m1/s1. The first kappa shape index (κ1) is 19.3. The highest BCUT2D eigenvalue weighted by molar-refractivity contribution is 6.42. The molecule has 4 rings (SSSR count). The first-order valence-electron chi connectivity index (χ1n) is 8.56. The molecule has 0 amide bonds. The van der Waals surface area contributed by atoms with E-state index < -0.39 is 30.3 Å². The Balaban J connectivity index is 1.65. The van der Waals surface area contributed by atoms with Gasteiger partial charge in [0.15, 0.2) is 11.5 Å². The topological polar surface area (TPSA) is 142 Å². The average Bonchev–Trinajstić information content (AvgIpc) is 3.25. The number of hydrogen-bond donors (Lipinski definition) is 5. The number of rotatable bonds is 4. The number of nitrogens with one attached hydrogen (secondary N) is 1. The largest absolute Gasteiger partial charge is 0.390 e. The molecule has 148 valence electrons. The summed E-state index contributed by atoms with van der Waals surface area (Å²) < 4.78 is 1.52. The monoisotopic (exact) mass is 424 g/mol. The van der Waals surface area contributed by atoms with Crippen molar-refractivity contribution < 1.29 is 15.3 Å². The van der Waals surface area contributed by atoms with E-state index >= 15 is 0 Å². The summed E-state index contributed by atoms with van der Waals surface area (Å²) >= 11 is 12.0. The van der Waals surface area contributed by atoms with Crippen molar-refractivity contribution in [3.05, 3.63) is 46.3 Å². The Kier molecular flexibility index (Phi) is 5.13. The number of hydrogen-bond acceptors (Lipinski definition) is 8.